The Morgan fingerprint density at radius 3 is 2.00 bits per heavy atom. The largest absolute Gasteiger partial charge is 3.00 e. The van der Waals surface area contributed by atoms with Crippen molar-refractivity contribution in [1.29, 1.82) is 0 Å². The van der Waals surface area contributed by atoms with E-state index in [0.717, 1.165) is 0 Å². The first-order valence-corrected chi connectivity index (χ1v) is 2.77. The van der Waals surface area contributed by atoms with E-state index in [9.17, 15) is 14.4 Å². The normalized spacial score (nSPS) is 16.4. The Morgan fingerprint density at radius 2 is 1.73 bits per heavy atom. The predicted molar refractivity (Wildman–Crippen MR) is 44.7 cm³/mol. The van der Waals surface area contributed by atoms with Gasteiger partial charge in [0.2, 0.25) is 0 Å². The van der Waals surface area contributed by atoms with Crippen molar-refractivity contribution in [2.24, 2.45) is 5.73 Å². The second-order valence-corrected chi connectivity index (χ2v) is 1.90. The van der Waals surface area contributed by atoms with Crippen LogP contribution in [0.3, 0.4) is 0 Å². The number of hydrogen-bond acceptors (Lipinski definition) is 6. The van der Waals surface area contributed by atoms with Gasteiger partial charge in [-0.15, -0.1) is 0 Å². The van der Waals surface area contributed by atoms with Gasteiger partial charge in [0.25, 0.3) is 5.91 Å². The number of primary amides is 1. The SMILES string of the molecule is NC(=O)NC1NC(=O)NC1=O.[Al+3].[OH-].[OH-].[OH-]. The van der Waals surface area contributed by atoms with Gasteiger partial charge in [0.05, 0.1) is 0 Å². The van der Waals surface area contributed by atoms with E-state index in [4.69, 9.17) is 5.73 Å². The monoisotopic (exact) mass is 236 g/mol. The third-order valence-corrected chi connectivity index (χ3v) is 1.06. The molecule has 0 aromatic carbocycles. The van der Waals surface area contributed by atoms with Crippen molar-refractivity contribution in [3.8, 4) is 0 Å². The summed E-state index contributed by atoms with van der Waals surface area (Å²) in [5.74, 6) is -0.617. The Kier molecular flexibility index (Phi) is 14.4. The molecule has 1 fully saturated rings. The number of nitrogens with two attached hydrogens (primary N) is 1. The average Bonchev–Trinajstić information content (AvgIpc) is 2.09. The molecular weight excluding hydrogens is 227 g/mol. The zero-order chi connectivity index (χ0) is 8.43. The second-order valence-electron chi connectivity index (χ2n) is 1.90. The molecule has 15 heavy (non-hydrogen) atoms. The Labute approximate surface area is 94.6 Å². The summed E-state index contributed by atoms with van der Waals surface area (Å²) in [6.07, 6.45) is -1.04. The Bertz CT molecular complexity index is 235. The third-order valence-electron chi connectivity index (χ3n) is 1.06. The molecule has 0 radical (unpaired) electrons. The van der Waals surface area contributed by atoms with E-state index in [1.165, 1.54) is 0 Å². The summed E-state index contributed by atoms with van der Waals surface area (Å²) in [5.41, 5.74) is 4.70. The molecule has 1 rings (SSSR count). The molecule has 0 bridgehead atoms. The van der Waals surface area contributed by atoms with E-state index >= 15 is 0 Å². The first-order valence-electron chi connectivity index (χ1n) is 2.77. The number of amides is 5. The van der Waals surface area contributed by atoms with Crippen molar-refractivity contribution in [1.82, 2.24) is 16.0 Å². The van der Waals surface area contributed by atoms with Gasteiger partial charge in [-0.3, -0.25) is 10.1 Å². The van der Waals surface area contributed by atoms with E-state index in [1.807, 2.05) is 10.6 Å². The van der Waals surface area contributed by atoms with E-state index in [-0.39, 0.29) is 33.8 Å². The summed E-state index contributed by atoms with van der Waals surface area (Å²) in [7, 11) is 0. The van der Waals surface area contributed by atoms with Crippen molar-refractivity contribution in [2.45, 2.75) is 6.17 Å². The van der Waals surface area contributed by atoms with Gasteiger partial charge < -0.3 is 32.8 Å². The van der Waals surface area contributed by atoms with Gasteiger partial charge in [-0.25, -0.2) is 9.59 Å². The van der Waals surface area contributed by atoms with Gasteiger partial charge in [-0.1, -0.05) is 0 Å². The van der Waals surface area contributed by atoms with Crippen molar-refractivity contribution in [2.75, 3.05) is 0 Å². The number of carbonyl (C=O) groups is 3. The Balaban J connectivity index is -0.000000151. The standard InChI is InChI=1S/C4H6N4O3.Al.3H2O/c5-3(10)6-1-2(9)8-4(11)7-1;;;;/h1H,(H3,5,6,10)(H2,7,8,9,11);;3*1H2/q;+3;;;/p-3. The molecule has 1 atom stereocenters. The summed E-state index contributed by atoms with van der Waals surface area (Å²) in [5, 5.41) is 6.05. The Morgan fingerprint density at radius 1 is 1.27 bits per heavy atom. The van der Waals surface area contributed by atoms with Gasteiger partial charge in [0.15, 0.2) is 6.17 Å². The molecule has 1 unspecified atom stereocenters. The summed E-state index contributed by atoms with van der Waals surface area (Å²) in [6.45, 7) is 0. The molecule has 8 N–H and O–H groups in total. The van der Waals surface area contributed by atoms with Crippen molar-refractivity contribution >= 4 is 35.3 Å². The predicted octanol–water partition coefficient (Wildman–Crippen LogP) is -3.09. The first-order chi connectivity index (χ1) is 5.09. The molecule has 0 saturated carbocycles. The van der Waals surface area contributed by atoms with Crippen LogP contribution < -0.4 is 21.7 Å². The number of rotatable bonds is 1. The molecule has 1 aliphatic heterocycles. The van der Waals surface area contributed by atoms with Gasteiger partial charge >= 0.3 is 29.4 Å². The molecule has 0 aromatic rings. The minimum absolute atomic E-state index is 0. The Hall–Kier alpha value is -1.38. The third kappa shape index (κ3) is 6.66. The minimum atomic E-state index is -1.04. The topological polar surface area (TPSA) is 203 Å². The fourth-order valence-corrected chi connectivity index (χ4v) is 0.661. The zero-order valence-electron chi connectivity index (χ0n) is 7.30. The number of hydrogen-bond donors (Lipinski definition) is 4. The van der Waals surface area contributed by atoms with Crippen molar-refractivity contribution in [3.63, 3.8) is 0 Å². The maximum absolute atomic E-state index is 10.7. The number of urea groups is 2. The van der Waals surface area contributed by atoms with E-state index < -0.39 is 24.1 Å². The molecule has 0 spiro atoms. The molecule has 10 nitrogen and oxygen atoms in total. The quantitative estimate of drug-likeness (QED) is 0.274. The fraction of sp³-hybridized carbons (Fsp3) is 0.250. The van der Waals surface area contributed by atoms with Crippen LogP contribution >= 0.6 is 0 Å². The molecule has 1 saturated heterocycles. The molecule has 5 amide bonds. The second kappa shape index (κ2) is 9.19. The van der Waals surface area contributed by atoms with Gasteiger partial charge in [0.1, 0.15) is 0 Å². The number of imide groups is 1. The zero-order valence-corrected chi connectivity index (χ0v) is 8.45. The van der Waals surface area contributed by atoms with Crippen LogP contribution in [0.5, 0.6) is 0 Å². The summed E-state index contributed by atoms with van der Waals surface area (Å²) in [4.78, 5) is 31.3. The summed E-state index contributed by atoms with van der Waals surface area (Å²) < 4.78 is 0. The molecule has 1 heterocycles. The maximum Gasteiger partial charge on any atom is 3.00 e. The van der Waals surface area contributed by atoms with Gasteiger partial charge in [-0.05, 0) is 0 Å². The molecule has 84 valence electrons. The average molecular weight is 236 g/mol. The van der Waals surface area contributed by atoms with Crippen LogP contribution in [0.1, 0.15) is 0 Å². The van der Waals surface area contributed by atoms with E-state index in [0.29, 0.717) is 0 Å². The van der Waals surface area contributed by atoms with E-state index in [2.05, 4.69) is 5.32 Å². The smallest absolute Gasteiger partial charge is 0.870 e. The molecule has 1 aliphatic rings. The van der Waals surface area contributed by atoms with Crippen LogP contribution in [0.15, 0.2) is 0 Å². The van der Waals surface area contributed by atoms with Crippen molar-refractivity contribution < 1.29 is 30.8 Å². The van der Waals surface area contributed by atoms with Crippen LogP contribution in [-0.4, -0.2) is 57.9 Å². The molecular formula is C4H9AlN4O6. The van der Waals surface area contributed by atoms with Crippen LogP contribution in [0.25, 0.3) is 0 Å². The summed E-state index contributed by atoms with van der Waals surface area (Å²) in [6, 6.07) is -1.51. The van der Waals surface area contributed by atoms with Gasteiger partial charge in [0, 0.05) is 0 Å². The van der Waals surface area contributed by atoms with Crippen LogP contribution in [0.2, 0.25) is 0 Å². The number of nitrogens with one attached hydrogen (secondary N) is 3. The van der Waals surface area contributed by atoms with Crippen molar-refractivity contribution in [3.05, 3.63) is 0 Å². The van der Waals surface area contributed by atoms with Crippen LogP contribution in [-0.2, 0) is 4.79 Å². The van der Waals surface area contributed by atoms with Gasteiger partial charge in [-0.2, -0.15) is 0 Å². The minimum Gasteiger partial charge on any atom is -0.870 e. The first kappa shape index (κ1) is 23.4. The molecule has 11 heteroatoms. The molecule has 0 aliphatic carbocycles. The molecule has 0 aromatic heterocycles. The van der Waals surface area contributed by atoms with Crippen LogP contribution in [0, 0.1) is 0 Å². The van der Waals surface area contributed by atoms with E-state index in [1.54, 1.807) is 0 Å². The summed E-state index contributed by atoms with van der Waals surface area (Å²) >= 11 is 0. The van der Waals surface area contributed by atoms with Crippen LogP contribution in [0.4, 0.5) is 9.59 Å². The fourth-order valence-electron chi connectivity index (χ4n) is 0.661. The maximum atomic E-state index is 10.7. The number of carbonyl (C=O) groups excluding carboxylic acids is 3.